The highest BCUT2D eigenvalue weighted by molar-refractivity contribution is 7.10. The lowest BCUT2D eigenvalue weighted by molar-refractivity contribution is 0.223. The van der Waals surface area contributed by atoms with E-state index >= 15 is 0 Å². The molecule has 0 saturated heterocycles. The maximum atomic E-state index is 10.4. The van der Waals surface area contributed by atoms with Crippen LogP contribution in [0, 0.1) is 13.8 Å². The number of benzene rings is 1. The van der Waals surface area contributed by atoms with E-state index in [1.807, 2.05) is 6.07 Å². The zero-order valence-electron chi connectivity index (χ0n) is 10.5. The summed E-state index contributed by atoms with van der Waals surface area (Å²) >= 11 is 1.64. The van der Waals surface area contributed by atoms with Gasteiger partial charge in [-0.25, -0.2) is 0 Å². The number of aliphatic hydroxyl groups excluding tert-OH is 1. The molecule has 0 radical (unpaired) electrons. The monoisotopic (exact) mass is 246 g/mol. The van der Waals surface area contributed by atoms with Crippen LogP contribution in [0.3, 0.4) is 0 Å². The third-order valence-corrected chi connectivity index (χ3v) is 4.27. The van der Waals surface area contributed by atoms with Crippen LogP contribution < -0.4 is 0 Å². The van der Waals surface area contributed by atoms with Gasteiger partial charge in [0, 0.05) is 4.88 Å². The summed E-state index contributed by atoms with van der Waals surface area (Å²) in [6.07, 6.45) is 0.491. The van der Waals surface area contributed by atoms with E-state index in [2.05, 4.69) is 44.4 Å². The summed E-state index contributed by atoms with van der Waals surface area (Å²) in [6.45, 7) is 6.30. The largest absolute Gasteiger partial charge is 0.383 e. The first-order valence-electron chi connectivity index (χ1n) is 5.95. The molecule has 2 rings (SSSR count). The van der Waals surface area contributed by atoms with E-state index in [1.54, 1.807) is 11.3 Å². The Morgan fingerprint density at radius 1 is 1.18 bits per heavy atom. The average Bonchev–Trinajstić information content (AvgIpc) is 2.80. The van der Waals surface area contributed by atoms with Crippen molar-refractivity contribution < 1.29 is 5.11 Å². The molecule has 0 amide bonds. The van der Waals surface area contributed by atoms with Crippen molar-refractivity contribution >= 4 is 11.3 Å². The number of aryl methyl sites for hydroxylation is 3. The molecular weight excluding hydrogens is 228 g/mol. The van der Waals surface area contributed by atoms with Crippen molar-refractivity contribution in [2.45, 2.75) is 33.3 Å². The molecule has 1 nitrogen and oxygen atoms in total. The second-order valence-electron chi connectivity index (χ2n) is 4.41. The SMILES string of the molecule is CCc1ccsc1C(O)c1ccc(C)c(C)c1. The maximum absolute atomic E-state index is 10.4. The minimum Gasteiger partial charge on any atom is -0.383 e. The molecule has 90 valence electrons. The third-order valence-electron chi connectivity index (χ3n) is 3.26. The van der Waals surface area contributed by atoms with Gasteiger partial charge in [-0.05, 0) is 54.0 Å². The highest BCUT2D eigenvalue weighted by Crippen LogP contribution is 2.30. The second-order valence-corrected chi connectivity index (χ2v) is 5.36. The standard InChI is InChI=1S/C15H18OS/c1-4-12-7-8-17-15(12)14(16)13-6-5-10(2)11(3)9-13/h5-9,14,16H,4H2,1-3H3. The zero-order valence-corrected chi connectivity index (χ0v) is 11.3. The highest BCUT2D eigenvalue weighted by atomic mass is 32.1. The highest BCUT2D eigenvalue weighted by Gasteiger charge is 2.15. The Hall–Kier alpha value is -1.12. The zero-order chi connectivity index (χ0) is 12.4. The van der Waals surface area contributed by atoms with Crippen LogP contribution in [-0.4, -0.2) is 5.11 Å². The van der Waals surface area contributed by atoms with Gasteiger partial charge in [0.05, 0.1) is 0 Å². The minimum absolute atomic E-state index is 0.482. The molecule has 2 heteroatoms. The second kappa shape index (κ2) is 5.03. The van der Waals surface area contributed by atoms with Crippen molar-refractivity contribution in [3.05, 3.63) is 56.8 Å². The molecule has 1 N–H and O–H groups in total. The lowest BCUT2D eigenvalue weighted by atomic mass is 10.00. The van der Waals surface area contributed by atoms with Crippen LogP contribution in [0.4, 0.5) is 0 Å². The summed E-state index contributed by atoms with van der Waals surface area (Å²) < 4.78 is 0. The van der Waals surface area contributed by atoms with Gasteiger partial charge in [0.25, 0.3) is 0 Å². The number of aliphatic hydroxyl groups is 1. The quantitative estimate of drug-likeness (QED) is 0.867. The van der Waals surface area contributed by atoms with E-state index in [-0.39, 0.29) is 0 Å². The minimum atomic E-state index is -0.482. The Balaban J connectivity index is 2.36. The molecule has 1 unspecified atom stereocenters. The number of rotatable bonds is 3. The van der Waals surface area contributed by atoms with Crippen molar-refractivity contribution in [1.82, 2.24) is 0 Å². The molecule has 0 aliphatic rings. The average molecular weight is 246 g/mol. The fourth-order valence-electron chi connectivity index (χ4n) is 1.97. The van der Waals surface area contributed by atoms with Crippen molar-refractivity contribution in [3.8, 4) is 0 Å². The predicted molar refractivity (Wildman–Crippen MR) is 73.7 cm³/mol. The van der Waals surface area contributed by atoms with Gasteiger partial charge in [-0.2, -0.15) is 0 Å². The lowest BCUT2D eigenvalue weighted by Crippen LogP contribution is -2.00. The molecule has 0 spiro atoms. The van der Waals surface area contributed by atoms with Crippen LogP contribution >= 0.6 is 11.3 Å². The lowest BCUT2D eigenvalue weighted by Gasteiger charge is -2.13. The van der Waals surface area contributed by atoms with Crippen molar-refractivity contribution in [3.63, 3.8) is 0 Å². The molecular formula is C15H18OS. The van der Waals surface area contributed by atoms with Gasteiger partial charge >= 0.3 is 0 Å². The van der Waals surface area contributed by atoms with Gasteiger partial charge in [0.15, 0.2) is 0 Å². The third kappa shape index (κ3) is 2.43. The molecule has 0 fully saturated rings. The summed E-state index contributed by atoms with van der Waals surface area (Å²) in [4.78, 5) is 1.08. The molecule has 17 heavy (non-hydrogen) atoms. The van der Waals surface area contributed by atoms with E-state index < -0.39 is 6.10 Å². The van der Waals surface area contributed by atoms with Crippen molar-refractivity contribution in [2.75, 3.05) is 0 Å². The van der Waals surface area contributed by atoms with Gasteiger partial charge in [-0.15, -0.1) is 11.3 Å². The topological polar surface area (TPSA) is 20.2 Å². The Bertz CT molecular complexity index is 513. The summed E-state index contributed by atoms with van der Waals surface area (Å²) in [5, 5.41) is 12.5. The fourth-order valence-corrected chi connectivity index (χ4v) is 2.97. The summed E-state index contributed by atoms with van der Waals surface area (Å²) in [7, 11) is 0. The van der Waals surface area contributed by atoms with Gasteiger partial charge in [0.2, 0.25) is 0 Å². The molecule has 0 aliphatic heterocycles. The van der Waals surface area contributed by atoms with Crippen molar-refractivity contribution in [2.24, 2.45) is 0 Å². The van der Waals surface area contributed by atoms with Crippen LogP contribution in [-0.2, 0) is 6.42 Å². The van der Waals surface area contributed by atoms with Crippen LogP contribution in [0.15, 0.2) is 29.6 Å². The molecule has 1 heterocycles. The fraction of sp³-hybridized carbons (Fsp3) is 0.333. The van der Waals surface area contributed by atoms with Crippen molar-refractivity contribution in [1.29, 1.82) is 0 Å². The maximum Gasteiger partial charge on any atom is 0.113 e. The van der Waals surface area contributed by atoms with Gasteiger partial charge in [-0.3, -0.25) is 0 Å². The van der Waals surface area contributed by atoms with Gasteiger partial charge < -0.3 is 5.11 Å². The van der Waals surface area contributed by atoms with E-state index in [0.29, 0.717) is 0 Å². The van der Waals surface area contributed by atoms with Crippen LogP contribution in [0.2, 0.25) is 0 Å². The summed E-state index contributed by atoms with van der Waals surface area (Å²) in [5.74, 6) is 0. The Morgan fingerprint density at radius 2 is 1.94 bits per heavy atom. The van der Waals surface area contributed by atoms with Gasteiger partial charge in [0.1, 0.15) is 6.10 Å². The number of hydrogen-bond acceptors (Lipinski definition) is 2. The van der Waals surface area contributed by atoms with E-state index in [1.165, 1.54) is 16.7 Å². The number of hydrogen-bond donors (Lipinski definition) is 1. The van der Waals surface area contributed by atoms with Gasteiger partial charge in [-0.1, -0.05) is 25.1 Å². The van der Waals surface area contributed by atoms with E-state index in [9.17, 15) is 5.11 Å². The van der Waals surface area contributed by atoms with E-state index in [0.717, 1.165) is 16.9 Å². The Labute approximate surface area is 107 Å². The summed E-state index contributed by atoms with van der Waals surface area (Å²) in [5.41, 5.74) is 4.74. The first-order valence-corrected chi connectivity index (χ1v) is 6.83. The van der Waals surface area contributed by atoms with E-state index in [4.69, 9.17) is 0 Å². The molecule has 1 aromatic heterocycles. The van der Waals surface area contributed by atoms with Crippen LogP contribution in [0.1, 0.15) is 40.2 Å². The summed E-state index contributed by atoms with van der Waals surface area (Å²) in [6, 6.07) is 8.28. The van der Waals surface area contributed by atoms with Crippen LogP contribution in [0.5, 0.6) is 0 Å². The predicted octanol–water partition coefficient (Wildman–Crippen LogP) is 4.01. The van der Waals surface area contributed by atoms with Crippen LogP contribution in [0.25, 0.3) is 0 Å². The normalized spacial score (nSPS) is 12.7. The molecule has 1 atom stereocenters. The molecule has 0 aliphatic carbocycles. The molecule has 2 aromatic rings. The Morgan fingerprint density at radius 3 is 2.59 bits per heavy atom. The molecule has 1 aromatic carbocycles. The first-order chi connectivity index (χ1) is 8.13. The smallest absolute Gasteiger partial charge is 0.113 e. The Kier molecular flexibility index (Phi) is 3.65. The molecule has 0 bridgehead atoms. The first kappa shape index (κ1) is 12.3. The molecule has 0 saturated carbocycles. The number of thiophene rings is 1.